The molecule has 3 rings (SSSR count). The molecular weight excluding hydrogens is 434 g/mol. The highest BCUT2D eigenvalue weighted by atomic mass is 127. The number of ether oxygens (including phenoxy) is 1. The van der Waals surface area contributed by atoms with E-state index in [4.69, 9.17) is 4.74 Å². The van der Waals surface area contributed by atoms with E-state index in [9.17, 15) is 13.2 Å². The third kappa shape index (κ3) is 4.08. The summed E-state index contributed by atoms with van der Waals surface area (Å²) in [5, 5.41) is 6.98. The number of anilines is 1. The van der Waals surface area contributed by atoms with Gasteiger partial charge in [-0.3, -0.25) is 0 Å². The number of benzene rings is 1. The Balaban J connectivity index is 1.58. The van der Waals surface area contributed by atoms with E-state index in [1.54, 1.807) is 0 Å². The Morgan fingerprint density at radius 3 is 2.33 bits per heavy atom. The molecule has 2 aromatic rings. The molecule has 1 fully saturated rings. The van der Waals surface area contributed by atoms with Crippen LogP contribution < -0.4 is 9.64 Å². The van der Waals surface area contributed by atoms with Crippen LogP contribution in [0.15, 0.2) is 36.4 Å². The number of rotatable bonds is 3. The molecule has 0 bridgehead atoms. The largest absolute Gasteiger partial charge is 0.489 e. The molecule has 24 heavy (non-hydrogen) atoms. The minimum Gasteiger partial charge on any atom is -0.489 e. The highest BCUT2D eigenvalue weighted by molar-refractivity contribution is 14.1. The fourth-order valence-corrected chi connectivity index (χ4v) is 3.08. The molecular formula is C16H15F3IN3O. The number of hydrogen-bond donors (Lipinski definition) is 0. The fourth-order valence-electron chi connectivity index (χ4n) is 2.57. The smallest absolute Gasteiger partial charge is 0.435 e. The van der Waals surface area contributed by atoms with Crippen molar-refractivity contribution in [2.75, 3.05) is 18.0 Å². The van der Waals surface area contributed by atoms with Crippen molar-refractivity contribution >= 4 is 28.4 Å². The molecule has 1 aliphatic rings. The predicted octanol–water partition coefficient (Wildman–Crippen LogP) is 4.15. The van der Waals surface area contributed by atoms with Crippen LogP contribution in [-0.4, -0.2) is 29.4 Å². The molecule has 1 aromatic heterocycles. The molecule has 4 nitrogen and oxygen atoms in total. The average Bonchev–Trinajstić information content (AvgIpc) is 2.57. The van der Waals surface area contributed by atoms with Crippen molar-refractivity contribution < 1.29 is 17.9 Å². The fraction of sp³-hybridized carbons (Fsp3) is 0.375. The minimum atomic E-state index is -4.46. The maximum Gasteiger partial charge on any atom is 0.435 e. The van der Waals surface area contributed by atoms with E-state index in [0.717, 1.165) is 28.2 Å². The van der Waals surface area contributed by atoms with Crippen molar-refractivity contribution in [1.29, 1.82) is 0 Å². The number of nitrogens with zero attached hydrogens (tertiary/aromatic N) is 3. The molecule has 0 atom stereocenters. The van der Waals surface area contributed by atoms with Crippen molar-refractivity contribution in [2.45, 2.75) is 25.1 Å². The first-order valence-electron chi connectivity index (χ1n) is 7.50. The minimum absolute atomic E-state index is 0.0968. The van der Waals surface area contributed by atoms with E-state index in [0.29, 0.717) is 18.9 Å². The monoisotopic (exact) mass is 449 g/mol. The second-order valence-corrected chi connectivity index (χ2v) is 6.67. The van der Waals surface area contributed by atoms with Gasteiger partial charge in [-0.2, -0.15) is 13.2 Å². The Kier molecular flexibility index (Phi) is 5.12. The number of piperidine rings is 1. The maximum absolute atomic E-state index is 12.5. The van der Waals surface area contributed by atoms with Crippen LogP contribution in [0.5, 0.6) is 5.75 Å². The van der Waals surface area contributed by atoms with Crippen molar-refractivity contribution in [3.05, 3.63) is 45.7 Å². The lowest BCUT2D eigenvalue weighted by molar-refractivity contribution is -0.141. The van der Waals surface area contributed by atoms with Gasteiger partial charge >= 0.3 is 6.18 Å². The Morgan fingerprint density at radius 2 is 1.75 bits per heavy atom. The topological polar surface area (TPSA) is 38.2 Å². The third-order valence-corrected chi connectivity index (χ3v) is 4.73. The van der Waals surface area contributed by atoms with Gasteiger partial charge in [0, 0.05) is 25.9 Å². The molecule has 8 heteroatoms. The van der Waals surface area contributed by atoms with Crippen LogP contribution in [-0.2, 0) is 6.18 Å². The van der Waals surface area contributed by atoms with E-state index >= 15 is 0 Å². The summed E-state index contributed by atoms with van der Waals surface area (Å²) in [7, 11) is 0. The molecule has 1 aromatic carbocycles. The first-order chi connectivity index (χ1) is 11.4. The first-order valence-corrected chi connectivity index (χ1v) is 8.58. The lowest BCUT2D eigenvalue weighted by Gasteiger charge is -2.32. The summed E-state index contributed by atoms with van der Waals surface area (Å²) >= 11 is 2.23. The first kappa shape index (κ1) is 17.2. The summed E-state index contributed by atoms with van der Waals surface area (Å²) in [6.45, 7) is 1.35. The second-order valence-electron chi connectivity index (χ2n) is 5.51. The zero-order valence-corrected chi connectivity index (χ0v) is 14.8. The Morgan fingerprint density at radius 1 is 1.04 bits per heavy atom. The van der Waals surface area contributed by atoms with Gasteiger partial charge in [-0.05, 0) is 46.9 Å². The summed E-state index contributed by atoms with van der Waals surface area (Å²) in [5.41, 5.74) is -0.969. The molecule has 0 N–H and O–H groups in total. The summed E-state index contributed by atoms with van der Waals surface area (Å²) in [6, 6.07) is 10.2. The van der Waals surface area contributed by atoms with Gasteiger partial charge in [0.25, 0.3) is 0 Å². The standard InChI is InChI=1S/C16H15F3IN3O/c17-16(18,19)14-5-6-15(22-21-14)23-9-7-11(8-10-23)24-13-4-2-1-3-12(13)20/h1-6,11H,7-10H2. The molecule has 0 radical (unpaired) electrons. The Labute approximate surface area is 151 Å². The third-order valence-electron chi connectivity index (χ3n) is 3.84. The number of alkyl halides is 3. The molecule has 0 spiro atoms. The lowest BCUT2D eigenvalue weighted by Crippen LogP contribution is -2.39. The molecule has 2 heterocycles. The molecule has 0 aliphatic carbocycles. The van der Waals surface area contributed by atoms with E-state index in [2.05, 4.69) is 32.8 Å². The van der Waals surface area contributed by atoms with Gasteiger partial charge < -0.3 is 9.64 Å². The Hall–Kier alpha value is -1.58. The van der Waals surface area contributed by atoms with Crippen molar-refractivity contribution in [2.24, 2.45) is 0 Å². The summed E-state index contributed by atoms with van der Waals surface area (Å²) in [4.78, 5) is 1.93. The average molecular weight is 449 g/mol. The van der Waals surface area contributed by atoms with Crippen LogP contribution in [0.4, 0.5) is 19.0 Å². The van der Waals surface area contributed by atoms with Crippen molar-refractivity contribution in [3.63, 3.8) is 0 Å². The quantitative estimate of drug-likeness (QED) is 0.661. The van der Waals surface area contributed by atoms with Gasteiger partial charge in [0.2, 0.25) is 0 Å². The van der Waals surface area contributed by atoms with Gasteiger partial charge in [0.05, 0.1) is 3.57 Å². The van der Waals surface area contributed by atoms with E-state index in [1.807, 2.05) is 29.2 Å². The van der Waals surface area contributed by atoms with Gasteiger partial charge in [-0.1, -0.05) is 12.1 Å². The molecule has 0 unspecified atom stereocenters. The number of halogens is 4. The molecule has 0 saturated carbocycles. The highest BCUT2D eigenvalue weighted by Gasteiger charge is 2.33. The van der Waals surface area contributed by atoms with E-state index < -0.39 is 11.9 Å². The molecule has 1 aliphatic heterocycles. The Bertz CT molecular complexity index is 686. The van der Waals surface area contributed by atoms with Crippen LogP contribution in [0.25, 0.3) is 0 Å². The molecule has 1 saturated heterocycles. The zero-order chi connectivity index (χ0) is 17.2. The molecule has 128 valence electrons. The van der Waals surface area contributed by atoms with Crippen LogP contribution in [0.1, 0.15) is 18.5 Å². The number of para-hydroxylation sites is 1. The zero-order valence-electron chi connectivity index (χ0n) is 12.6. The highest BCUT2D eigenvalue weighted by Crippen LogP contribution is 2.29. The maximum atomic E-state index is 12.5. The van der Waals surface area contributed by atoms with Gasteiger partial charge in [-0.25, -0.2) is 0 Å². The number of hydrogen-bond acceptors (Lipinski definition) is 4. The van der Waals surface area contributed by atoms with E-state index in [1.165, 1.54) is 6.07 Å². The number of aromatic nitrogens is 2. The van der Waals surface area contributed by atoms with Crippen LogP contribution in [0.2, 0.25) is 0 Å². The summed E-state index contributed by atoms with van der Waals surface area (Å²) in [5.74, 6) is 1.33. The van der Waals surface area contributed by atoms with E-state index in [-0.39, 0.29) is 6.10 Å². The summed E-state index contributed by atoms with van der Waals surface area (Å²) in [6.07, 6.45) is -2.79. The van der Waals surface area contributed by atoms with Gasteiger partial charge in [0.15, 0.2) is 11.5 Å². The van der Waals surface area contributed by atoms with Gasteiger partial charge in [-0.15, -0.1) is 10.2 Å². The van der Waals surface area contributed by atoms with Gasteiger partial charge in [0.1, 0.15) is 11.9 Å². The van der Waals surface area contributed by atoms with Crippen LogP contribution in [0.3, 0.4) is 0 Å². The van der Waals surface area contributed by atoms with Crippen LogP contribution >= 0.6 is 22.6 Å². The second kappa shape index (κ2) is 7.12. The summed E-state index contributed by atoms with van der Waals surface area (Å²) < 4.78 is 44.6. The van der Waals surface area contributed by atoms with Crippen molar-refractivity contribution in [3.8, 4) is 5.75 Å². The normalized spacial score (nSPS) is 16.2. The predicted molar refractivity (Wildman–Crippen MR) is 92.1 cm³/mol. The van der Waals surface area contributed by atoms with Crippen molar-refractivity contribution in [1.82, 2.24) is 10.2 Å². The SMILES string of the molecule is FC(F)(F)c1ccc(N2CCC(Oc3ccccc3I)CC2)nn1. The van der Waals surface area contributed by atoms with Crippen LogP contribution in [0, 0.1) is 3.57 Å². The molecule has 0 amide bonds. The lowest BCUT2D eigenvalue weighted by atomic mass is 10.1.